The Morgan fingerprint density at radius 3 is 2.45 bits per heavy atom. The SMILES string of the molecule is Cc1ccc(NC(=O)COc2ccccc2)cc1C(F)(F)F. The number of halogens is 3. The molecule has 3 nitrogen and oxygen atoms in total. The summed E-state index contributed by atoms with van der Waals surface area (Å²) in [6.45, 7) is 1.09. The molecule has 2 aromatic carbocycles. The molecule has 22 heavy (non-hydrogen) atoms. The van der Waals surface area contributed by atoms with Gasteiger partial charge in [-0.05, 0) is 36.8 Å². The molecule has 0 saturated carbocycles. The summed E-state index contributed by atoms with van der Waals surface area (Å²) in [6, 6.07) is 12.3. The number of nitrogens with one attached hydrogen (secondary N) is 1. The average Bonchev–Trinajstić information content (AvgIpc) is 2.47. The van der Waals surface area contributed by atoms with Crippen LogP contribution in [0, 0.1) is 6.92 Å². The fourth-order valence-corrected chi connectivity index (χ4v) is 1.87. The first-order valence-corrected chi connectivity index (χ1v) is 6.52. The average molecular weight is 309 g/mol. The minimum absolute atomic E-state index is 0.0830. The number of amides is 1. The lowest BCUT2D eigenvalue weighted by Crippen LogP contribution is -2.20. The highest BCUT2D eigenvalue weighted by Gasteiger charge is 2.32. The van der Waals surface area contributed by atoms with E-state index in [9.17, 15) is 18.0 Å². The molecule has 0 bridgehead atoms. The van der Waals surface area contributed by atoms with Gasteiger partial charge in [-0.15, -0.1) is 0 Å². The highest BCUT2D eigenvalue weighted by atomic mass is 19.4. The monoisotopic (exact) mass is 309 g/mol. The molecule has 0 radical (unpaired) electrons. The van der Waals surface area contributed by atoms with E-state index in [4.69, 9.17) is 4.74 Å². The second kappa shape index (κ2) is 6.51. The van der Waals surface area contributed by atoms with Gasteiger partial charge < -0.3 is 10.1 Å². The van der Waals surface area contributed by atoms with E-state index >= 15 is 0 Å². The van der Waals surface area contributed by atoms with Gasteiger partial charge in [0.1, 0.15) is 5.75 Å². The normalized spacial score (nSPS) is 11.1. The lowest BCUT2D eigenvalue weighted by Gasteiger charge is -2.13. The van der Waals surface area contributed by atoms with Gasteiger partial charge in [0.15, 0.2) is 6.61 Å². The summed E-state index contributed by atoms with van der Waals surface area (Å²) < 4.78 is 43.6. The van der Waals surface area contributed by atoms with Gasteiger partial charge in [0.2, 0.25) is 0 Å². The van der Waals surface area contributed by atoms with Crippen molar-refractivity contribution in [2.75, 3.05) is 11.9 Å². The quantitative estimate of drug-likeness (QED) is 0.926. The van der Waals surface area contributed by atoms with Gasteiger partial charge in [-0.1, -0.05) is 24.3 Å². The molecule has 0 spiro atoms. The van der Waals surface area contributed by atoms with Gasteiger partial charge in [-0.25, -0.2) is 0 Å². The summed E-state index contributed by atoms with van der Waals surface area (Å²) in [7, 11) is 0. The number of carbonyl (C=O) groups is 1. The lowest BCUT2D eigenvalue weighted by atomic mass is 10.1. The number of alkyl halides is 3. The van der Waals surface area contributed by atoms with E-state index in [2.05, 4.69) is 5.32 Å². The number of benzene rings is 2. The van der Waals surface area contributed by atoms with Crippen LogP contribution in [0.4, 0.5) is 18.9 Å². The number of para-hydroxylation sites is 1. The predicted molar refractivity (Wildman–Crippen MR) is 76.7 cm³/mol. The van der Waals surface area contributed by atoms with Crippen LogP contribution in [-0.2, 0) is 11.0 Å². The smallest absolute Gasteiger partial charge is 0.416 e. The number of aryl methyl sites for hydroxylation is 1. The zero-order valence-electron chi connectivity index (χ0n) is 11.8. The second-order valence-corrected chi connectivity index (χ2v) is 4.68. The molecule has 2 aromatic rings. The van der Waals surface area contributed by atoms with Gasteiger partial charge in [0, 0.05) is 5.69 Å². The van der Waals surface area contributed by atoms with Crippen molar-refractivity contribution in [3.8, 4) is 5.75 Å². The number of hydrogen-bond acceptors (Lipinski definition) is 2. The van der Waals surface area contributed by atoms with E-state index in [1.807, 2.05) is 0 Å². The number of hydrogen-bond donors (Lipinski definition) is 1. The summed E-state index contributed by atoms with van der Waals surface area (Å²) >= 11 is 0. The summed E-state index contributed by atoms with van der Waals surface area (Å²) in [5, 5.41) is 2.39. The maximum absolute atomic E-state index is 12.8. The lowest BCUT2D eigenvalue weighted by molar-refractivity contribution is -0.138. The Labute approximate surface area is 125 Å². The molecule has 0 aliphatic carbocycles. The van der Waals surface area contributed by atoms with Gasteiger partial charge in [-0.2, -0.15) is 13.2 Å². The first kappa shape index (κ1) is 15.9. The Balaban J connectivity index is 2.00. The van der Waals surface area contributed by atoms with Gasteiger partial charge in [0.25, 0.3) is 5.91 Å². The zero-order valence-corrected chi connectivity index (χ0v) is 11.8. The first-order valence-electron chi connectivity index (χ1n) is 6.52. The van der Waals surface area contributed by atoms with Gasteiger partial charge >= 0.3 is 6.18 Å². The third kappa shape index (κ3) is 4.25. The molecule has 1 amide bonds. The molecule has 0 heterocycles. The highest BCUT2D eigenvalue weighted by molar-refractivity contribution is 5.92. The molecule has 0 fully saturated rings. The standard InChI is InChI=1S/C16H14F3NO2/c1-11-7-8-12(9-14(11)16(17,18)19)20-15(21)10-22-13-5-3-2-4-6-13/h2-9H,10H2,1H3,(H,20,21). The number of carbonyl (C=O) groups excluding carboxylic acids is 1. The van der Waals surface area contributed by atoms with E-state index in [0.717, 1.165) is 6.07 Å². The Hall–Kier alpha value is -2.50. The zero-order chi connectivity index (χ0) is 16.2. The van der Waals surface area contributed by atoms with Crippen molar-refractivity contribution in [2.45, 2.75) is 13.1 Å². The van der Waals surface area contributed by atoms with Crippen molar-refractivity contribution in [1.29, 1.82) is 0 Å². The van der Waals surface area contributed by atoms with Crippen LogP contribution in [0.1, 0.15) is 11.1 Å². The fourth-order valence-electron chi connectivity index (χ4n) is 1.87. The summed E-state index contributed by atoms with van der Waals surface area (Å²) in [5.74, 6) is -0.0154. The van der Waals surface area contributed by atoms with Crippen LogP contribution < -0.4 is 10.1 Å². The molecule has 0 unspecified atom stereocenters. The van der Waals surface area contributed by atoms with Crippen molar-refractivity contribution < 1.29 is 22.7 Å². The minimum Gasteiger partial charge on any atom is -0.484 e. The minimum atomic E-state index is -4.45. The van der Waals surface area contributed by atoms with E-state index in [0.29, 0.717) is 5.75 Å². The Morgan fingerprint density at radius 1 is 1.14 bits per heavy atom. The third-order valence-electron chi connectivity index (χ3n) is 2.94. The van der Waals surface area contributed by atoms with E-state index in [1.54, 1.807) is 30.3 Å². The molecular weight excluding hydrogens is 295 g/mol. The van der Waals surface area contributed by atoms with E-state index in [-0.39, 0.29) is 17.9 Å². The van der Waals surface area contributed by atoms with E-state index < -0.39 is 17.6 Å². The van der Waals surface area contributed by atoms with Crippen molar-refractivity contribution in [1.82, 2.24) is 0 Å². The maximum Gasteiger partial charge on any atom is 0.416 e. The van der Waals surface area contributed by atoms with Crippen LogP contribution in [0.3, 0.4) is 0 Å². The number of rotatable bonds is 4. The highest BCUT2D eigenvalue weighted by Crippen LogP contribution is 2.33. The molecule has 0 atom stereocenters. The first-order chi connectivity index (χ1) is 10.4. The van der Waals surface area contributed by atoms with Crippen LogP contribution in [0.25, 0.3) is 0 Å². The molecule has 0 aliphatic heterocycles. The topological polar surface area (TPSA) is 38.3 Å². The number of ether oxygens (including phenoxy) is 1. The molecule has 0 aromatic heterocycles. The number of anilines is 1. The third-order valence-corrected chi connectivity index (χ3v) is 2.94. The Morgan fingerprint density at radius 2 is 1.82 bits per heavy atom. The van der Waals surface area contributed by atoms with Crippen LogP contribution in [-0.4, -0.2) is 12.5 Å². The van der Waals surface area contributed by atoms with Crippen LogP contribution >= 0.6 is 0 Å². The van der Waals surface area contributed by atoms with Gasteiger partial charge in [0.05, 0.1) is 5.56 Å². The van der Waals surface area contributed by atoms with Crippen LogP contribution in [0.15, 0.2) is 48.5 Å². The van der Waals surface area contributed by atoms with Crippen LogP contribution in [0.2, 0.25) is 0 Å². The molecule has 116 valence electrons. The maximum atomic E-state index is 12.8. The van der Waals surface area contributed by atoms with Crippen LogP contribution in [0.5, 0.6) is 5.75 Å². The molecule has 6 heteroatoms. The Bertz CT molecular complexity index is 654. The van der Waals surface area contributed by atoms with Gasteiger partial charge in [-0.3, -0.25) is 4.79 Å². The summed E-state index contributed by atoms with van der Waals surface area (Å²) in [6.07, 6.45) is -4.45. The Kier molecular flexibility index (Phi) is 4.70. The molecule has 2 rings (SSSR count). The van der Waals surface area contributed by atoms with Crippen molar-refractivity contribution in [3.63, 3.8) is 0 Å². The molecule has 0 aliphatic rings. The fraction of sp³-hybridized carbons (Fsp3) is 0.188. The van der Waals surface area contributed by atoms with Crippen molar-refractivity contribution in [3.05, 3.63) is 59.7 Å². The van der Waals surface area contributed by atoms with Crippen molar-refractivity contribution in [2.24, 2.45) is 0 Å². The summed E-state index contributed by atoms with van der Waals surface area (Å²) in [4.78, 5) is 11.7. The van der Waals surface area contributed by atoms with E-state index in [1.165, 1.54) is 19.1 Å². The molecule has 0 saturated heterocycles. The predicted octanol–water partition coefficient (Wildman–Crippen LogP) is 4.03. The molecule has 1 N–H and O–H groups in total. The summed E-state index contributed by atoms with van der Waals surface area (Å²) in [5.41, 5.74) is -0.583. The largest absolute Gasteiger partial charge is 0.484 e. The molecular formula is C16H14F3NO2. The van der Waals surface area contributed by atoms with Crippen molar-refractivity contribution >= 4 is 11.6 Å². The second-order valence-electron chi connectivity index (χ2n) is 4.68.